The van der Waals surface area contributed by atoms with Gasteiger partial charge in [-0.2, -0.15) is 0 Å². The topological polar surface area (TPSA) is 12.0 Å². The number of rotatable bonds is 7. The van der Waals surface area contributed by atoms with Crippen LogP contribution >= 0.6 is 0 Å². The Balaban J connectivity index is 2.91. The third-order valence-electron chi connectivity index (χ3n) is 1.70. The van der Waals surface area contributed by atoms with E-state index in [-0.39, 0.29) is 0 Å². The molecule has 0 aliphatic carbocycles. The highest BCUT2D eigenvalue weighted by atomic mass is 14.8. The summed E-state index contributed by atoms with van der Waals surface area (Å²) in [5.74, 6) is 0. The van der Waals surface area contributed by atoms with Crippen LogP contribution in [0, 0.1) is 0 Å². The molecule has 0 saturated heterocycles. The maximum absolute atomic E-state index is 3.12. The van der Waals surface area contributed by atoms with Crippen molar-refractivity contribution in [1.29, 1.82) is 0 Å². The van der Waals surface area contributed by atoms with Crippen molar-refractivity contribution in [2.45, 2.75) is 39.0 Å². The van der Waals surface area contributed by atoms with Crippen LogP contribution < -0.4 is 5.32 Å². The molecule has 0 aliphatic rings. The van der Waals surface area contributed by atoms with Gasteiger partial charge in [-0.1, -0.05) is 31.9 Å². The van der Waals surface area contributed by atoms with Crippen LogP contribution in [0.3, 0.4) is 0 Å². The Labute approximate surface area is 70.9 Å². The molecule has 0 aromatic heterocycles. The highest BCUT2D eigenvalue weighted by Crippen LogP contribution is 1.99. The van der Waals surface area contributed by atoms with E-state index < -0.39 is 0 Å². The van der Waals surface area contributed by atoms with Gasteiger partial charge >= 0.3 is 0 Å². The molecular weight excluding hydrogens is 134 g/mol. The largest absolute Gasteiger partial charge is 0.319 e. The molecule has 0 aromatic rings. The fourth-order valence-electron chi connectivity index (χ4n) is 0.976. The summed E-state index contributed by atoms with van der Waals surface area (Å²) >= 11 is 0. The second-order valence-electron chi connectivity index (χ2n) is 2.86. The number of nitrogens with one attached hydrogen (secondary N) is 1. The van der Waals surface area contributed by atoms with Crippen molar-refractivity contribution in [3.8, 4) is 0 Å². The maximum Gasteiger partial charge on any atom is -0.00173 e. The molecule has 66 valence electrons. The fourth-order valence-corrected chi connectivity index (χ4v) is 0.976. The first kappa shape index (κ1) is 10.7. The van der Waals surface area contributed by atoms with Crippen molar-refractivity contribution in [1.82, 2.24) is 5.32 Å². The summed E-state index contributed by atoms with van der Waals surface area (Å²) in [5.41, 5.74) is 0. The van der Waals surface area contributed by atoms with Crippen LogP contribution in [0.5, 0.6) is 0 Å². The van der Waals surface area contributed by atoms with E-state index in [1.807, 2.05) is 7.05 Å². The van der Waals surface area contributed by atoms with Crippen LogP contribution in [-0.4, -0.2) is 13.6 Å². The van der Waals surface area contributed by atoms with Crippen LogP contribution in [0.4, 0.5) is 0 Å². The summed E-state index contributed by atoms with van der Waals surface area (Å²) in [4.78, 5) is 0. The predicted octanol–water partition coefficient (Wildman–Crippen LogP) is 2.73. The van der Waals surface area contributed by atoms with E-state index >= 15 is 0 Å². The van der Waals surface area contributed by atoms with Gasteiger partial charge in [0.1, 0.15) is 0 Å². The van der Waals surface area contributed by atoms with Gasteiger partial charge in [0.05, 0.1) is 0 Å². The highest BCUT2D eigenvalue weighted by Gasteiger charge is 1.81. The molecule has 0 bridgehead atoms. The van der Waals surface area contributed by atoms with Gasteiger partial charge in [0, 0.05) is 0 Å². The van der Waals surface area contributed by atoms with Gasteiger partial charge in [0.15, 0.2) is 0 Å². The van der Waals surface area contributed by atoms with Crippen molar-refractivity contribution in [3.05, 3.63) is 12.2 Å². The zero-order chi connectivity index (χ0) is 8.36. The molecule has 0 atom stereocenters. The van der Waals surface area contributed by atoms with Crippen molar-refractivity contribution >= 4 is 0 Å². The highest BCUT2D eigenvalue weighted by molar-refractivity contribution is 4.81. The Bertz CT molecular complexity index is 86.9. The Kier molecular flexibility index (Phi) is 9.44. The first-order chi connectivity index (χ1) is 5.41. The smallest absolute Gasteiger partial charge is 0.00173 e. The average Bonchev–Trinajstić information content (AvgIpc) is 2.03. The zero-order valence-corrected chi connectivity index (χ0v) is 7.90. The Morgan fingerprint density at radius 1 is 1.09 bits per heavy atom. The summed E-state index contributed by atoms with van der Waals surface area (Å²) in [6.45, 7) is 3.34. The van der Waals surface area contributed by atoms with Crippen molar-refractivity contribution in [2.75, 3.05) is 13.6 Å². The van der Waals surface area contributed by atoms with E-state index in [0.717, 1.165) is 6.54 Å². The average molecular weight is 155 g/mol. The number of hydrogen-bond donors (Lipinski definition) is 1. The first-order valence-corrected chi connectivity index (χ1v) is 4.71. The molecule has 0 aliphatic heterocycles. The minimum absolute atomic E-state index is 1.10. The lowest BCUT2D eigenvalue weighted by Crippen LogP contribution is -2.05. The molecule has 1 N–H and O–H groups in total. The second kappa shape index (κ2) is 9.70. The number of allylic oxidation sites excluding steroid dienone is 1. The van der Waals surface area contributed by atoms with E-state index in [1.165, 1.54) is 32.1 Å². The van der Waals surface area contributed by atoms with E-state index in [2.05, 4.69) is 24.4 Å². The Hall–Kier alpha value is -0.300. The fraction of sp³-hybridized carbons (Fsp3) is 0.800. The second-order valence-corrected chi connectivity index (χ2v) is 2.86. The summed E-state index contributed by atoms with van der Waals surface area (Å²) in [6, 6.07) is 0. The molecule has 0 amide bonds. The summed E-state index contributed by atoms with van der Waals surface area (Å²) in [7, 11) is 1.99. The van der Waals surface area contributed by atoms with Crippen molar-refractivity contribution < 1.29 is 0 Å². The van der Waals surface area contributed by atoms with E-state index in [4.69, 9.17) is 0 Å². The lowest BCUT2D eigenvalue weighted by atomic mass is 10.2. The summed E-state index contributed by atoms with van der Waals surface area (Å²) in [6.07, 6.45) is 11.0. The van der Waals surface area contributed by atoms with Gasteiger partial charge in [-0.05, 0) is 32.9 Å². The van der Waals surface area contributed by atoms with E-state index in [9.17, 15) is 0 Å². The SMILES string of the molecule is CCCCC/C=C\CCNC. The standard InChI is InChI=1S/C10H21N/c1-3-4-5-6-7-8-9-10-11-2/h7-8,11H,3-6,9-10H2,1-2H3/b8-7-. The lowest BCUT2D eigenvalue weighted by Gasteiger charge is -1.92. The van der Waals surface area contributed by atoms with Crippen molar-refractivity contribution in [3.63, 3.8) is 0 Å². The maximum atomic E-state index is 3.12. The molecule has 1 nitrogen and oxygen atoms in total. The van der Waals surface area contributed by atoms with Gasteiger partial charge in [-0.15, -0.1) is 0 Å². The Morgan fingerprint density at radius 3 is 2.45 bits per heavy atom. The summed E-state index contributed by atoms with van der Waals surface area (Å²) < 4.78 is 0. The minimum Gasteiger partial charge on any atom is -0.319 e. The van der Waals surface area contributed by atoms with Crippen LogP contribution in [0.15, 0.2) is 12.2 Å². The lowest BCUT2D eigenvalue weighted by molar-refractivity contribution is 0.726. The van der Waals surface area contributed by atoms with Gasteiger partial charge < -0.3 is 5.32 Å². The zero-order valence-electron chi connectivity index (χ0n) is 7.90. The number of unbranched alkanes of at least 4 members (excludes halogenated alkanes) is 3. The molecule has 1 heteroatoms. The van der Waals surface area contributed by atoms with E-state index in [1.54, 1.807) is 0 Å². The van der Waals surface area contributed by atoms with Crippen molar-refractivity contribution in [2.24, 2.45) is 0 Å². The van der Waals surface area contributed by atoms with Crippen LogP contribution in [0.1, 0.15) is 39.0 Å². The normalized spacial score (nSPS) is 11.1. The molecule has 0 fully saturated rings. The molecule has 0 rings (SSSR count). The van der Waals surface area contributed by atoms with Gasteiger partial charge in [0.2, 0.25) is 0 Å². The molecule has 0 heterocycles. The number of hydrogen-bond acceptors (Lipinski definition) is 1. The summed E-state index contributed by atoms with van der Waals surface area (Å²) in [5, 5.41) is 3.12. The van der Waals surface area contributed by atoms with Gasteiger partial charge in [-0.25, -0.2) is 0 Å². The predicted molar refractivity (Wildman–Crippen MR) is 51.8 cm³/mol. The molecule has 0 radical (unpaired) electrons. The molecule has 0 aromatic carbocycles. The first-order valence-electron chi connectivity index (χ1n) is 4.71. The quantitative estimate of drug-likeness (QED) is 0.440. The minimum atomic E-state index is 1.10. The molecule has 0 spiro atoms. The third kappa shape index (κ3) is 9.70. The van der Waals surface area contributed by atoms with E-state index in [0.29, 0.717) is 0 Å². The molecule has 0 saturated carbocycles. The van der Waals surface area contributed by atoms with Gasteiger partial charge in [-0.3, -0.25) is 0 Å². The molecular formula is C10H21N. The van der Waals surface area contributed by atoms with Gasteiger partial charge in [0.25, 0.3) is 0 Å². The monoisotopic (exact) mass is 155 g/mol. The molecule has 11 heavy (non-hydrogen) atoms. The van der Waals surface area contributed by atoms with Crippen LogP contribution in [0.25, 0.3) is 0 Å². The molecule has 0 unspecified atom stereocenters. The third-order valence-corrected chi connectivity index (χ3v) is 1.70. The Morgan fingerprint density at radius 2 is 1.82 bits per heavy atom. The van der Waals surface area contributed by atoms with Crippen LogP contribution in [0.2, 0.25) is 0 Å². The van der Waals surface area contributed by atoms with Crippen LogP contribution in [-0.2, 0) is 0 Å².